The largest absolute Gasteiger partial charge is 0.491 e. The Labute approximate surface area is 164 Å². The van der Waals surface area contributed by atoms with Gasteiger partial charge in [0.25, 0.3) is 0 Å². The zero-order chi connectivity index (χ0) is 18.7. The Bertz CT molecular complexity index is 505. The summed E-state index contributed by atoms with van der Waals surface area (Å²) in [5.41, 5.74) is 0.752. The molecular formula is C18H30INO4S. The van der Waals surface area contributed by atoms with Gasteiger partial charge in [-0.3, -0.25) is 4.79 Å². The summed E-state index contributed by atoms with van der Waals surface area (Å²) in [5, 5.41) is 12.7. The molecule has 0 spiro atoms. The Hall–Kier alpha value is -0.510. The molecule has 1 atom stereocenters. The van der Waals surface area contributed by atoms with Crippen molar-refractivity contribution < 1.29 is 19.4 Å². The molecule has 0 aliphatic heterocycles. The third kappa shape index (κ3) is 11.7. The number of halogens is 1. The highest BCUT2D eigenvalue weighted by Crippen LogP contribution is 2.49. The molecule has 1 amide bonds. The lowest BCUT2D eigenvalue weighted by Gasteiger charge is -2.21. The van der Waals surface area contributed by atoms with Crippen LogP contribution in [0.15, 0.2) is 24.3 Å². The number of amides is 1. The molecule has 0 aliphatic carbocycles. The summed E-state index contributed by atoms with van der Waals surface area (Å²) < 4.78 is 10.9. The Balaban J connectivity index is 2.30. The molecule has 5 nitrogen and oxygen atoms in total. The van der Waals surface area contributed by atoms with Crippen LogP contribution in [0.1, 0.15) is 26.2 Å². The van der Waals surface area contributed by atoms with Gasteiger partial charge in [-0.05, 0) is 70.2 Å². The molecule has 0 saturated carbocycles. The van der Waals surface area contributed by atoms with Crippen molar-refractivity contribution in [2.24, 2.45) is 0 Å². The molecule has 2 N–H and O–H groups in total. The molecule has 0 saturated heterocycles. The van der Waals surface area contributed by atoms with Crippen molar-refractivity contribution in [1.29, 1.82) is 0 Å². The molecule has 0 fully saturated rings. The molecule has 1 unspecified atom stereocenters. The summed E-state index contributed by atoms with van der Waals surface area (Å²) in [7, 11) is -0.689. The second-order valence-electron chi connectivity index (χ2n) is 6.32. The van der Waals surface area contributed by atoms with Crippen molar-refractivity contribution in [3.8, 4) is 5.75 Å². The van der Waals surface area contributed by atoms with Gasteiger partial charge in [0.15, 0.2) is 0 Å². The number of nitrogens with one attached hydrogen (secondary N) is 1. The maximum absolute atomic E-state index is 11.9. The number of hydrogen-bond donors (Lipinski definition) is 2. The molecule has 25 heavy (non-hydrogen) atoms. The van der Waals surface area contributed by atoms with Gasteiger partial charge in [-0.25, -0.2) is 0 Å². The SMILES string of the molecule is CCCCOCC(O)COc1ccc(NC(=O)CCS(C)(C)I)cc1. The first kappa shape index (κ1) is 22.5. The fourth-order valence-electron chi connectivity index (χ4n) is 1.90. The van der Waals surface area contributed by atoms with E-state index < -0.39 is 13.3 Å². The van der Waals surface area contributed by atoms with Gasteiger partial charge in [0.1, 0.15) is 18.5 Å². The van der Waals surface area contributed by atoms with Crippen molar-refractivity contribution in [3.63, 3.8) is 0 Å². The van der Waals surface area contributed by atoms with E-state index in [4.69, 9.17) is 9.47 Å². The maximum atomic E-state index is 11.9. The van der Waals surface area contributed by atoms with Crippen LogP contribution in [0.25, 0.3) is 0 Å². The fourth-order valence-corrected chi connectivity index (χ4v) is 3.23. The zero-order valence-electron chi connectivity index (χ0n) is 15.3. The van der Waals surface area contributed by atoms with E-state index in [1.54, 1.807) is 24.3 Å². The first-order valence-electron chi connectivity index (χ1n) is 8.49. The average Bonchev–Trinajstić information content (AvgIpc) is 2.56. The lowest BCUT2D eigenvalue weighted by atomic mass is 10.3. The number of unbranched alkanes of at least 4 members (excludes halogenated alkanes) is 1. The van der Waals surface area contributed by atoms with Crippen LogP contribution in [0.4, 0.5) is 5.69 Å². The first-order chi connectivity index (χ1) is 11.8. The lowest BCUT2D eigenvalue weighted by Crippen LogP contribution is -2.23. The van der Waals surface area contributed by atoms with E-state index >= 15 is 0 Å². The second kappa shape index (κ2) is 12.0. The minimum Gasteiger partial charge on any atom is -0.491 e. The van der Waals surface area contributed by atoms with E-state index in [-0.39, 0.29) is 19.1 Å². The van der Waals surface area contributed by atoms with Crippen molar-refractivity contribution in [2.45, 2.75) is 32.3 Å². The molecule has 7 heteroatoms. The number of carbonyl (C=O) groups excluding carboxylic acids is 1. The molecule has 0 aliphatic rings. The van der Waals surface area contributed by atoms with Gasteiger partial charge in [-0.1, -0.05) is 13.3 Å². The molecule has 0 aromatic heterocycles. The quantitative estimate of drug-likeness (QED) is 0.349. The molecule has 0 bridgehead atoms. The van der Waals surface area contributed by atoms with Crippen LogP contribution in [0.5, 0.6) is 5.75 Å². The highest BCUT2D eigenvalue weighted by molar-refractivity contribution is 14.2. The number of aliphatic hydroxyl groups excluding tert-OH is 1. The number of aliphatic hydroxyl groups is 1. The fraction of sp³-hybridized carbons (Fsp3) is 0.611. The molecule has 0 heterocycles. The standard InChI is InChI=1S/C18H30INO4S/c1-4-5-11-23-13-16(21)14-24-17-8-6-15(7-9-17)20-18(22)10-12-25(2,3)19/h6-9,16,21H,4-5,10-14H2,1-3H3,(H,20,22). The van der Waals surface area contributed by atoms with Crippen LogP contribution in [0.3, 0.4) is 0 Å². The van der Waals surface area contributed by atoms with E-state index in [0.717, 1.165) is 24.3 Å². The minimum atomic E-state index is -0.689. The Morgan fingerprint density at radius 1 is 1.28 bits per heavy atom. The molecule has 1 rings (SSSR count). The third-order valence-corrected chi connectivity index (χ3v) is 5.84. The predicted octanol–water partition coefficient (Wildman–Crippen LogP) is 3.99. The van der Waals surface area contributed by atoms with E-state index in [1.807, 2.05) is 0 Å². The van der Waals surface area contributed by atoms with Gasteiger partial charge in [0, 0.05) is 18.7 Å². The maximum Gasteiger partial charge on any atom is 0.225 e. The summed E-state index contributed by atoms with van der Waals surface area (Å²) in [5.74, 6) is 1.60. The average molecular weight is 483 g/mol. The number of benzene rings is 1. The summed E-state index contributed by atoms with van der Waals surface area (Å²) in [6, 6.07) is 7.18. The van der Waals surface area contributed by atoms with Gasteiger partial charge < -0.3 is 19.9 Å². The van der Waals surface area contributed by atoms with Gasteiger partial charge in [-0.15, -0.1) is 0 Å². The molecule has 144 valence electrons. The highest BCUT2D eigenvalue weighted by atomic mass is 127. The Morgan fingerprint density at radius 3 is 2.56 bits per heavy atom. The van der Waals surface area contributed by atoms with Crippen LogP contribution < -0.4 is 10.1 Å². The number of ether oxygens (including phenoxy) is 2. The van der Waals surface area contributed by atoms with E-state index in [1.165, 1.54) is 0 Å². The molecule has 0 radical (unpaired) electrons. The van der Waals surface area contributed by atoms with Crippen molar-refractivity contribution in [3.05, 3.63) is 24.3 Å². The third-order valence-electron chi connectivity index (χ3n) is 3.35. The van der Waals surface area contributed by atoms with Gasteiger partial charge in [-0.2, -0.15) is 7.20 Å². The number of rotatable bonds is 12. The van der Waals surface area contributed by atoms with Gasteiger partial charge in [0.05, 0.1) is 6.61 Å². The van der Waals surface area contributed by atoms with Crippen molar-refractivity contribution >= 4 is 40.0 Å². The highest BCUT2D eigenvalue weighted by Gasteiger charge is 2.10. The topological polar surface area (TPSA) is 67.8 Å². The van der Waals surface area contributed by atoms with E-state index in [0.29, 0.717) is 18.8 Å². The minimum absolute atomic E-state index is 0.0329. The van der Waals surface area contributed by atoms with Crippen LogP contribution in [-0.4, -0.2) is 55.2 Å². The lowest BCUT2D eigenvalue weighted by molar-refractivity contribution is -0.115. The van der Waals surface area contributed by atoms with Gasteiger partial charge in [0.2, 0.25) is 5.91 Å². The summed E-state index contributed by atoms with van der Waals surface area (Å²) in [6.07, 6.45) is 6.35. The van der Waals surface area contributed by atoms with E-state index in [9.17, 15) is 9.90 Å². The predicted molar refractivity (Wildman–Crippen MR) is 115 cm³/mol. The van der Waals surface area contributed by atoms with E-state index in [2.05, 4.69) is 46.0 Å². The normalized spacial score (nSPS) is 13.3. The molecule has 1 aromatic carbocycles. The first-order valence-corrected chi connectivity index (χ1v) is 13.7. The van der Waals surface area contributed by atoms with Crippen LogP contribution in [0.2, 0.25) is 0 Å². The monoisotopic (exact) mass is 483 g/mol. The van der Waals surface area contributed by atoms with Crippen LogP contribution >= 0.6 is 28.4 Å². The number of hydrogen-bond acceptors (Lipinski definition) is 4. The Morgan fingerprint density at radius 2 is 1.96 bits per heavy atom. The number of carbonyl (C=O) groups is 1. The zero-order valence-corrected chi connectivity index (χ0v) is 18.3. The molecule has 1 aromatic rings. The smallest absolute Gasteiger partial charge is 0.225 e. The van der Waals surface area contributed by atoms with Crippen molar-refractivity contribution in [2.75, 3.05) is 43.4 Å². The van der Waals surface area contributed by atoms with Gasteiger partial charge >= 0.3 is 0 Å². The summed E-state index contributed by atoms with van der Waals surface area (Å²) >= 11 is 2.43. The summed E-state index contributed by atoms with van der Waals surface area (Å²) in [6.45, 7) is 3.23. The number of anilines is 1. The van der Waals surface area contributed by atoms with Crippen LogP contribution in [0, 0.1) is 0 Å². The second-order valence-corrected chi connectivity index (χ2v) is 16.7. The molecular weight excluding hydrogens is 453 g/mol. The Kier molecular flexibility index (Phi) is 10.8. The van der Waals surface area contributed by atoms with Crippen molar-refractivity contribution in [1.82, 2.24) is 0 Å². The summed E-state index contributed by atoms with van der Waals surface area (Å²) in [4.78, 5) is 11.9. The van der Waals surface area contributed by atoms with Crippen LogP contribution in [-0.2, 0) is 9.53 Å².